The van der Waals surface area contributed by atoms with Gasteiger partial charge in [-0.3, -0.25) is 9.58 Å². The number of piperidine rings is 1. The van der Waals surface area contributed by atoms with E-state index in [-0.39, 0.29) is 0 Å². The SMILES string of the molecule is CCCN(Cc1cnn(C(C)C)c1)C1CC2CCC(C1)N2. The number of nitrogens with zero attached hydrogens (tertiary/aromatic N) is 3. The van der Waals surface area contributed by atoms with E-state index in [9.17, 15) is 0 Å². The Morgan fingerprint density at radius 3 is 2.62 bits per heavy atom. The van der Waals surface area contributed by atoms with Crippen molar-refractivity contribution >= 4 is 0 Å². The summed E-state index contributed by atoms with van der Waals surface area (Å²) in [5.41, 5.74) is 1.36. The number of aromatic nitrogens is 2. The predicted octanol–water partition coefficient (Wildman–Crippen LogP) is 2.96. The maximum atomic E-state index is 4.49. The minimum absolute atomic E-state index is 0.452. The molecule has 4 nitrogen and oxygen atoms in total. The van der Waals surface area contributed by atoms with E-state index in [2.05, 4.69) is 53.2 Å². The van der Waals surface area contributed by atoms with E-state index >= 15 is 0 Å². The van der Waals surface area contributed by atoms with Crippen molar-refractivity contribution in [2.45, 2.75) is 83.6 Å². The second kappa shape index (κ2) is 6.49. The van der Waals surface area contributed by atoms with Crippen LogP contribution in [0, 0.1) is 0 Å². The van der Waals surface area contributed by atoms with Crippen LogP contribution in [0.5, 0.6) is 0 Å². The third kappa shape index (κ3) is 3.49. The highest BCUT2D eigenvalue weighted by atomic mass is 15.3. The lowest BCUT2D eigenvalue weighted by atomic mass is 9.97. The Labute approximate surface area is 128 Å². The van der Waals surface area contributed by atoms with Crippen LogP contribution >= 0.6 is 0 Å². The molecule has 3 heterocycles. The number of fused-ring (bicyclic) bond motifs is 2. The molecule has 3 rings (SSSR count). The molecule has 2 fully saturated rings. The molecular formula is C17H30N4. The van der Waals surface area contributed by atoms with E-state index in [1.807, 2.05) is 0 Å². The summed E-state index contributed by atoms with van der Waals surface area (Å²) in [4.78, 5) is 2.70. The first-order chi connectivity index (χ1) is 10.2. The molecule has 2 saturated heterocycles. The lowest BCUT2D eigenvalue weighted by Gasteiger charge is -2.37. The van der Waals surface area contributed by atoms with E-state index < -0.39 is 0 Å². The molecule has 1 aromatic rings. The maximum Gasteiger partial charge on any atom is 0.0534 e. The highest BCUT2D eigenvalue weighted by Crippen LogP contribution is 2.30. The van der Waals surface area contributed by atoms with Crippen LogP contribution in [0.25, 0.3) is 0 Å². The summed E-state index contributed by atoms with van der Waals surface area (Å²) < 4.78 is 2.07. The molecule has 21 heavy (non-hydrogen) atoms. The average molecular weight is 290 g/mol. The largest absolute Gasteiger partial charge is 0.311 e. The Kier molecular flexibility index (Phi) is 4.65. The Hall–Kier alpha value is -0.870. The molecular weight excluding hydrogens is 260 g/mol. The molecule has 0 amide bonds. The van der Waals surface area contributed by atoms with Crippen molar-refractivity contribution in [3.05, 3.63) is 18.0 Å². The van der Waals surface area contributed by atoms with Crippen LogP contribution in [0.4, 0.5) is 0 Å². The van der Waals surface area contributed by atoms with Gasteiger partial charge in [-0.1, -0.05) is 6.92 Å². The summed E-state index contributed by atoms with van der Waals surface area (Å²) in [5, 5.41) is 8.25. The van der Waals surface area contributed by atoms with Gasteiger partial charge in [0.2, 0.25) is 0 Å². The van der Waals surface area contributed by atoms with Gasteiger partial charge in [0.05, 0.1) is 6.20 Å². The van der Waals surface area contributed by atoms with Crippen molar-refractivity contribution in [2.75, 3.05) is 6.54 Å². The molecule has 2 atom stereocenters. The van der Waals surface area contributed by atoms with Crippen LogP contribution in [0.1, 0.15) is 64.5 Å². The third-order valence-electron chi connectivity index (χ3n) is 5.05. The molecule has 2 bridgehead atoms. The fourth-order valence-corrected chi connectivity index (χ4v) is 3.98. The lowest BCUT2D eigenvalue weighted by molar-refractivity contribution is 0.134. The lowest BCUT2D eigenvalue weighted by Crippen LogP contribution is -2.48. The van der Waals surface area contributed by atoms with E-state index in [0.29, 0.717) is 6.04 Å². The average Bonchev–Trinajstić information content (AvgIpc) is 3.05. The molecule has 1 N–H and O–H groups in total. The van der Waals surface area contributed by atoms with Gasteiger partial charge in [0.25, 0.3) is 0 Å². The number of nitrogens with one attached hydrogen (secondary N) is 1. The normalized spacial score (nSPS) is 28.7. The Morgan fingerprint density at radius 1 is 1.33 bits per heavy atom. The second-order valence-corrected chi connectivity index (χ2v) is 7.16. The van der Waals surface area contributed by atoms with Gasteiger partial charge in [-0.15, -0.1) is 0 Å². The van der Waals surface area contributed by atoms with E-state index in [4.69, 9.17) is 0 Å². The van der Waals surface area contributed by atoms with E-state index in [0.717, 1.165) is 24.7 Å². The fourth-order valence-electron chi connectivity index (χ4n) is 3.98. The van der Waals surface area contributed by atoms with Gasteiger partial charge in [-0.05, 0) is 52.5 Å². The van der Waals surface area contributed by atoms with Crippen molar-refractivity contribution in [1.29, 1.82) is 0 Å². The minimum Gasteiger partial charge on any atom is -0.311 e. The molecule has 1 aromatic heterocycles. The standard InChI is InChI=1S/C17H30N4/c1-4-7-20(11-14-10-18-21(12-14)13(2)3)17-8-15-5-6-16(9-17)19-15/h10,12-13,15-17,19H,4-9,11H2,1-3H3. The molecule has 0 spiro atoms. The van der Waals surface area contributed by atoms with Gasteiger partial charge < -0.3 is 5.32 Å². The smallest absolute Gasteiger partial charge is 0.0534 e. The summed E-state index contributed by atoms with van der Waals surface area (Å²) in [6.07, 6.45) is 10.9. The molecule has 0 aromatic carbocycles. The number of rotatable bonds is 6. The number of hydrogen-bond donors (Lipinski definition) is 1. The van der Waals surface area contributed by atoms with Crippen molar-refractivity contribution in [2.24, 2.45) is 0 Å². The summed E-state index contributed by atoms with van der Waals surface area (Å²) in [6, 6.07) is 2.75. The van der Waals surface area contributed by atoms with Gasteiger partial charge in [0.1, 0.15) is 0 Å². The van der Waals surface area contributed by atoms with Crippen molar-refractivity contribution in [3.63, 3.8) is 0 Å². The van der Waals surface area contributed by atoms with Gasteiger partial charge in [0.15, 0.2) is 0 Å². The minimum atomic E-state index is 0.452. The first kappa shape index (κ1) is 15.0. The molecule has 4 heteroatoms. The molecule has 2 unspecified atom stereocenters. The van der Waals surface area contributed by atoms with Crippen LogP contribution in [0.3, 0.4) is 0 Å². The Balaban J connectivity index is 1.66. The maximum absolute atomic E-state index is 4.49. The monoisotopic (exact) mass is 290 g/mol. The van der Waals surface area contributed by atoms with Crippen LogP contribution in [-0.2, 0) is 6.54 Å². The quantitative estimate of drug-likeness (QED) is 0.874. The van der Waals surface area contributed by atoms with Crippen molar-refractivity contribution in [1.82, 2.24) is 20.0 Å². The Bertz CT molecular complexity index is 441. The molecule has 0 saturated carbocycles. The molecule has 118 valence electrons. The highest BCUT2D eigenvalue weighted by Gasteiger charge is 2.35. The van der Waals surface area contributed by atoms with Gasteiger partial charge in [0, 0.05) is 42.5 Å². The topological polar surface area (TPSA) is 33.1 Å². The van der Waals surface area contributed by atoms with Crippen LogP contribution < -0.4 is 5.32 Å². The van der Waals surface area contributed by atoms with Crippen LogP contribution in [0.15, 0.2) is 12.4 Å². The van der Waals surface area contributed by atoms with Gasteiger partial charge in [-0.2, -0.15) is 5.10 Å². The zero-order valence-electron chi connectivity index (χ0n) is 13.8. The fraction of sp³-hybridized carbons (Fsp3) is 0.824. The van der Waals surface area contributed by atoms with Crippen LogP contribution in [-0.4, -0.2) is 39.4 Å². The van der Waals surface area contributed by atoms with Crippen molar-refractivity contribution < 1.29 is 0 Å². The zero-order chi connectivity index (χ0) is 14.8. The Morgan fingerprint density at radius 2 is 2.05 bits per heavy atom. The molecule has 2 aliphatic heterocycles. The summed E-state index contributed by atoms with van der Waals surface area (Å²) in [6.45, 7) is 8.93. The first-order valence-corrected chi connectivity index (χ1v) is 8.68. The predicted molar refractivity (Wildman–Crippen MR) is 86.3 cm³/mol. The van der Waals surface area contributed by atoms with Gasteiger partial charge >= 0.3 is 0 Å². The van der Waals surface area contributed by atoms with E-state index in [1.54, 1.807) is 0 Å². The van der Waals surface area contributed by atoms with Crippen LogP contribution in [0.2, 0.25) is 0 Å². The number of hydrogen-bond acceptors (Lipinski definition) is 3. The van der Waals surface area contributed by atoms with Gasteiger partial charge in [-0.25, -0.2) is 0 Å². The molecule has 0 aliphatic carbocycles. The van der Waals surface area contributed by atoms with E-state index in [1.165, 1.54) is 44.2 Å². The summed E-state index contributed by atoms with van der Waals surface area (Å²) in [5.74, 6) is 0. The summed E-state index contributed by atoms with van der Waals surface area (Å²) >= 11 is 0. The third-order valence-corrected chi connectivity index (χ3v) is 5.05. The van der Waals surface area contributed by atoms with Crippen molar-refractivity contribution in [3.8, 4) is 0 Å². The molecule has 0 radical (unpaired) electrons. The highest BCUT2D eigenvalue weighted by molar-refractivity contribution is 5.05. The second-order valence-electron chi connectivity index (χ2n) is 7.16. The molecule has 2 aliphatic rings. The first-order valence-electron chi connectivity index (χ1n) is 8.68. The summed E-state index contributed by atoms with van der Waals surface area (Å²) in [7, 11) is 0. The zero-order valence-corrected chi connectivity index (χ0v) is 13.8.